The van der Waals surface area contributed by atoms with Crippen molar-refractivity contribution in [3.8, 4) is 0 Å². The normalized spacial score (nSPS) is 43.6. The number of fused-ring (bicyclic) bond motifs is 5. The van der Waals surface area contributed by atoms with Gasteiger partial charge in [-0.05, 0) is 98.2 Å². The van der Waals surface area contributed by atoms with E-state index in [4.69, 9.17) is 0 Å². The van der Waals surface area contributed by atoms with Gasteiger partial charge in [-0.25, -0.2) is 0 Å². The first-order chi connectivity index (χ1) is 14.3. The van der Waals surface area contributed by atoms with E-state index in [2.05, 4.69) is 33.8 Å². The number of hydrogen-bond donors (Lipinski definition) is 2. The lowest BCUT2D eigenvalue weighted by Gasteiger charge is -2.58. The Morgan fingerprint density at radius 1 is 1.00 bits per heavy atom. The highest BCUT2D eigenvalue weighted by molar-refractivity contribution is 5.25. The van der Waals surface area contributed by atoms with Gasteiger partial charge in [0.25, 0.3) is 0 Å². The van der Waals surface area contributed by atoms with Crippen molar-refractivity contribution in [2.45, 2.75) is 124 Å². The molecule has 0 heterocycles. The molecule has 0 aromatic carbocycles. The number of allylic oxidation sites excluding steroid dienone is 1. The molecule has 8 atom stereocenters. The Labute approximate surface area is 186 Å². The Morgan fingerprint density at radius 2 is 1.73 bits per heavy atom. The predicted molar refractivity (Wildman–Crippen MR) is 127 cm³/mol. The molecule has 4 rings (SSSR count). The molecule has 2 nitrogen and oxygen atoms in total. The molecule has 3 saturated carbocycles. The Hall–Kier alpha value is -0.340. The van der Waals surface area contributed by atoms with Gasteiger partial charge < -0.3 is 10.2 Å². The molecule has 0 spiro atoms. The van der Waals surface area contributed by atoms with E-state index >= 15 is 0 Å². The van der Waals surface area contributed by atoms with Crippen LogP contribution in [0.5, 0.6) is 0 Å². The number of hydrogen-bond acceptors (Lipinski definition) is 2. The van der Waals surface area contributed by atoms with Crippen LogP contribution in [0.2, 0.25) is 0 Å². The second kappa shape index (κ2) is 9.65. The third-order valence-corrected chi connectivity index (χ3v) is 9.90. The maximum atomic E-state index is 11.1. The summed E-state index contributed by atoms with van der Waals surface area (Å²) in [4.78, 5) is 0. The Kier molecular flexibility index (Phi) is 7.82. The van der Waals surface area contributed by atoms with Gasteiger partial charge in [0.1, 0.15) is 0 Å². The molecule has 30 heavy (non-hydrogen) atoms. The summed E-state index contributed by atoms with van der Waals surface area (Å²) in [6.45, 7) is 13.6. The van der Waals surface area contributed by atoms with Gasteiger partial charge in [-0.1, -0.05) is 66.0 Å². The number of aliphatic hydroxyl groups excluding tert-OH is 2. The van der Waals surface area contributed by atoms with Gasteiger partial charge in [0.2, 0.25) is 0 Å². The van der Waals surface area contributed by atoms with Crippen molar-refractivity contribution in [2.24, 2.45) is 40.4 Å². The highest BCUT2D eigenvalue weighted by atomic mass is 16.3. The Balaban J connectivity index is 0.00000124. The van der Waals surface area contributed by atoms with Crippen molar-refractivity contribution in [3.63, 3.8) is 0 Å². The van der Waals surface area contributed by atoms with Crippen LogP contribution in [0.1, 0.15) is 112 Å². The van der Waals surface area contributed by atoms with Crippen LogP contribution in [0.4, 0.5) is 0 Å². The highest BCUT2D eigenvalue weighted by Gasteiger charge is 2.59. The van der Waals surface area contributed by atoms with Gasteiger partial charge in [0.15, 0.2) is 0 Å². The lowest BCUT2D eigenvalue weighted by atomic mass is 9.47. The van der Waals surface area contributed by atoms with E-state index in [1.807, 2.05) is 13.8 Å². The van der Waals surface area contributed by atoms with Gasteiger partial charge in [0.05, 0.1) is 12.2 Å². The smallest absolute Gasteiger partial charge is 0.0577 e. The third-order valence-electron chi connectivity index (χ3n) is 9.90. The fraction of sp³-hybridized carbons (Fsp3) is 0.929. The molecule has 0 amide bonds. The van der Waals surface area contributed by atoms with Gasteiger partial charge in [-0.2, -0.15) is 0 Å². The summed E-state index contributed by atoms with van der Waals surface area (Å²) in [6.07, 6.45) is 15.2. The van der Waals surface area contributed by atoms with Gasteiger partial charge in [0, 0.05) is 0 Å². The Bertz CT molecular complexity index is 595. The molecule has 4 aliphatic rings. The van der Waals surface area contributed by atoms with Crippen molar-refractivity contribution in [1.29, 1.82) is 0 Å². The summed E-state index contributed by atoms with van der Waals surface area (Å²) in [5.74, 6) is 3.65. The Morgan fingerprint density at radius 3 is 2.43 bits per heavy atom. The van der Waals surface area contributed by atoms with Crippen LogP contribution >= 0.6 is 0 Å². The van der Waals surface area contributed by atoms with Crippen LogP contribution in [0.3, 0.4) is 0 Å². The van der Waals surface area contributed by atoms with Crippen molar-refractivity contribution >= 4 is 0 Å². The first-order valence-corrected chi connectivity index (χ1v) is 13.3. The standard InChI is InChI=1S/C26H44O2.C2H6/c1-17(2)6-5-7-24(28)23-11-10-21-20-9-8-18-16-19(27)12-14-25(18,3)22(20)13-15-26(21,23)4;1-2/h8,17,19-24,27-28H,5-7,9-16H2,1-4H3;1-2H3. The molecular formula is C28H50O2. The summed E-state index contributed by atoms with van der Waals surface area (Å²) < 4.78 is 0. The van der Waals surface area contributed by atoms with Crippen LogP contribution in [0, 0.1) is 40.4 Å². The molecule has 0 aromatic heterocycles. The largest absolute Gasteiger partial charge is 0.393 e. The third kappa shape index (κ3) is 4.29. The molecule has 0 saturated heterocycles. The summed E-state index contributed by atoms with van der Waals surface area (Å²) in [6, 6.07) is 0. The average molecular weight is 419 g/mol. The van der Waals surface area contributed by atoms with Crippen LogP contribution in [0.15, 0.2) is 11.6 Å². The molecule has 4 aliphatic carbocycles. The van der Waals surface area contributed by atoms with Crippen LogP contribution in [0.25, 0.3) is 0 Å². The summed E-state index contributed by atoms with van der Waals surface area (Å²) in [5.41, 5.74) is 2.24. The van der Waals surface area contributed by atoms with E-state index in [1.54, 1.807) is 5.57 Å². The first kappa shape index (κ1) is 24.3. The average Bonchev–Trinajstić information content (AvgIpc) is 3.07. The molecule has 0 aliphatic heterocycles. The second-order valence-electron chi connectivity index (χ2n) is 11.8. The minimum Gasteiger partial charge on any atom is -0.393 e. The van der Waals surface area contributed by atoms with Crippen molar-refractivity contribution < 1.29 is 10.2 Å². The lowest BCUT2D eigenvalue weighted by Crippen LogP contribution is -2.51. The van der Waals surface area contributed by atoms with E-state index in [9.17, 15) is 10.2 Å². The fourth-order valence-corrected chi connectivity index (χ4v) is 8.25. The van der Waals surface area contributed by atoms with Gasteiger partial charge in [-0.3, -0.25) is 0 Å². The maximum absolute atomic E-state index is 11.1. The van der Waals surface area contributed by atoms with Gasteiger partial charge in [-0.15, -0.1) is 0 Å². The van der Waals surface area contributed by atoms with Crippen molar-refractivity contribution in [2.75, 3.05) is 0 Å². The van der Waals surface area contributed by atoms with Gasteiger partial charge >= 0.3 is 0 Å². The molecular weight excluding hydrogens is 368 g/mol. The van der Waals surface area contributed by atoms with E-state index in [-0.39, 0.29) is 12.2 Å². The quantitative estimate of drug-likeness (QED) is 0.466. The molecule has 0 bridgehead atoms. The van der Waals surface area contributed by atoms with E-state index in [0.717, 1.165) is 42.9 Å². The summed E-state index contributed by atoms with van der Waals surface area (Å²) in [7, 11) is 0. The van der Waals surface area contributed by atoms with Crippen LogP contribution < -0.4 is 0 Å². The minimum absolute atomic E-state index is 0.0968. The van der Waals surface area contributed by atoms with E-state index in [1.165, 1.54) is 51.4 Å². The van der Waals surface area contributed by atoms with E-state index < -0.39 is 0 Å². The molecule has 2 heteroatoms. The summed E-state index contributed by atoms with van der Waals surface area (Å²) >= 11 is 0. The second-order valence-corrected chi connectivity index (χ2v) is 11.8. The lowest BCUT2D eigenvalue weighted by molar-refractivity contribution is -0.0717. The van der Waals surface area contributed by atoms with Crippen LogP contribution in [-0.4, -0.2) is 22.4 Å². The molecule has 3 fully saturated rings. The first-order valence-electron chi connectivity index (χ1n) is 13.3. The zero-order valence-electron chi connectivity index (χ0n) is 20.8. The monoisotopic (exact) mass is 418 g/mol. The predicted octanol–water partition coefficient (Wildman–Crippen LogP) is 7.14. The zero-order valence-corrected chi connectivity index (χ0v) is 20.8. The number of aliphatic hydroxyl groups is 2. The molecule has 2 N–H and O–H groups in total. The maximum Gasteiger partial charge on any atom is 0.0577 e. The zero-order chi connectivity index (χ0) is 22.1. The highest BCUT2D eigenvalue weighted by Crippen LogP contribution is 2.66. The fourth-order valence-electron chi connectivity index (χ4n) is 8.25. The van der Waals surface area contributed by atoms with Crippen molar-refractivity contribution in [1.82, 2.24) is 0 Å². The van der Waals surface area contributed by atoms with Crippen LogP contribution in [-0.2, 0) is 0 Å². The SMILES string of the molecule is CC.CC(C)CCCC(O)C1CCC2C3CC=C4CC(O)CCC4(C)C3CCC12C. The molecule has 8 unspecified atom stereocenters. The van der Waals surface area contributed by atoms with E-state index in [0.29, 0.717) is 16.7 Å². The van der Waals surface area contributed by atoms with Crippen molar-refractivity contribution in [3.05, 3.63) is 11.6 Å². The topological polar surface area (TPSA) is 40.5 Å². The summed E-state index contributed by atoms with van der Waals surface area (Å²) in [5, 5.41) is 21.3. The number of rotatable bonds is 5. The molecule has 0 aromatic rings. The minimum atomic E-state index is -0.110. The molecule has 174 valence electrons. The molecule has 0 radical (unpaired) electrons.